The molecule has 0 saturated carbocycles. The van der Waals surface area contributed by atoms with Gasteiger partial charge < -0.3 is 15.3 Å². The summed E-state index contributed by atoms with van der Waals surface area (Å²) in [4.78, 5) is 53.3. The smallest absolute Gasteiger partial charge is 0.417 e. The summed E-state index contributed by atoms with van der Waals surface area (Å²) in [6.45, 7) is -0.517. The van der Waals surface area contributed by atoms with Crippen molar-refractivity contribution in [2.75, 3.05) is 28.2 Å². The summed E-state index contributed by atoms with van der Waals surface area (Å²) in [6, 6.07) is 23.5. The monoisotopic (exact) mass is 587 g/mol. The quantitative estimate of drug-likeness (QED) is 0.284. The Hall–Kier alpha value is -5.45. The summed E-state index contributed by atoms with van der Waals surface area (Å²) in [5.74, 6) is -2.69. The fraction of sp³-hybridized carbons (Fsp3) is 0.125. The topological polar surface area (TPSA) is 107 Å². The van der Waals surface area contributed by atoms with Crippen molar-refractivity contribution in [2.45, 2.75) is 12.6 Å². The van der Waals surface area contributed by atoms with Crippen LogP contribution in [0.1, 0.15) is 32.7 Å². The number of nitrogens with zero attached hydrogens (tertiary/aromatic N) is 2. The molecule has 0 radical (unpaired) electrons. The molecule has 4 aromatic rings. The van der Waals surface area contributed by atoms with Crippen LogP contribution in [-0.4, -0.2) is 41.9 Å². The first-order valence-electron chi connectivity index (χ1n) is 13.1. The summed E-state index contributed by atoms with van der Waals surface area (Å²) in [5.41, 5.74) is 0.400. The van der Waals surface area contributed by atoms with Gasteiger partial charge in [0.2, 0.25) is 5.91 Å². The number of carbonyl (C=O) groups is 4. The molecule has 43 heavy (non-hydrogen) atoms. The first kappa shape index (κ1) is 29.1. The first-order chi connectivity index (χ1) is 20.5. The molecule has 5 rings (SSSR count). The van der Waals surface area contributed by atoms with Crippen LogP contribution in [0.3, 0.4) is 0 Å². The Morgan fingerprint density at radius 1 is 0.791 bits per heavy atom. The molecule has 0 bridgehead atoms. The van der Waals surface area contributed by atoms with E-state index in [1.165, 1.54) is 59.5 Å². The molecule has 0 unspecified atom stereocenters. The van der Waals surface area contributed by atoms with Crippen molar-refractivity contribution in [3.63, 3.8) is 0 Å². The van der Waals surface area contributed by atoms with Gasteiger partial charge in [0, 0.05) is 29.8 Å². The van der Waals surface area contributed by atoms with Crippen molar-refractivity contribution < 1.29 is 37.5 Å². The van der Waals surface area contributed by atoms with E-state index in [2.05, 4.69) is 5.32 Å². The average molecular weight is 588 g/mol. The van der Waals surface area contributed by atoms with Gasteiger partial charge in [0.25, 0.3) is 11.8 Å². The zero-order valence-electron chi connectivity index (χ0n) is 22.5. The molecule has 0 fully saturated rings. The number of nitrogens with one attached hydrogen (secondary N) is 1. The van der Waals surface area contributed by atoms with E-state index in [9.17, 15) is 37.5 Å². The summed E-state index contributed by atoms with van der Waals surface area (Å²) >= 11 is 0. The fourth-order valence-electron chi connectivity index (χ4n) is 4.97. The van der Waals surface area contributed by atoms with E-state index in [0.29, 0.717) is 17.1 Å². The highest BCUT2D eigenvalue weighted by atomic mass is 19.4. The third kappa shape index (κ3) is 6.10. The molecule has 2 N–H and O–H groups in total. The number of aliphatic carboxylic acids is 1. The molecule has 1 aliphatic heterocycles. The van der Waals surface area contributed by atoms with Gasteiger partial charge >= 0.3 is 12.1 Å². The van der Waals surface area contributed by atoms with E-state index < -0.39 is 42.0 Å². The maximum absolute atomic E-state index is 13.7. The lowest BCUT2D eigenvalue weighted by atomic mass is 9.94. The zero-order valence-corrected chi connectivity index (χ0v) is 22.5. The van der Waals surface area contributed by atoms with Crippen molar-refractivity contribution in [2.24, 2.45) is 0 Å². The van der Waals surface area contributed by atoms with Gasteiger partial charge in [-0.05, 0) is 59.7 Å². The van der Waals surface area contributed by atoms with Gasteiger partial charge in [0.15, 0.2) is 0 Å². The van der Waals surface area contributed by atoms with Gasteiger partial charge in [-0.25, -0.2) is 0 Å². The molecular formula is C32H24F3N3O5. The maximum Gasteiger partial charge on any atom is 0.417 e. The van der Waals surface area contributed by atoms with Gasteiger partial charge in [-0.15, -0.1) is 0 Å². The van der Waals surface area contributed by atoms with Crippen LogP contribution >= 0.6 is 0 Å². The number of benzene rings is 4. The lowest BCUT2D eigenvalue weighted by Gasteiger charge is -2.24. The number of halogens is 3. The molecule has 11 heteroatoms. The predicted octanol–water partition coefficient (Wildman–Crippen LogP) is 6.09. The molecule has 8 nitrogen and oxygen atoms in total. The largest absolute Gasteiger partial charge is 0.480 e. The Balaban J connectivity index is 1.38. The van der Waals surface area contributed by atoms with E-state index in [4.69, 9.17) is 0 Å². The lowest BCUT2D eigenvalue weighted by molar-refractivity contribution is -0.137. The van der Waals surface area contributed by atoms with Crippen molar-refractivity contribution >= 4 is 40.8 Å². The molecule has 0 aromatic heterocycles. The van der Waals surface area contributed by atoms with Crippen molar-refractivity contribution in [3.8, 4) is 11.1 Å². The second-order valence-corrected chi connectivity index (χ2v) is 9.69. The number of carboxylic acid groups (broad SMARTS) is 1. The highest BCUT2D eigenvalue weighted by Crippen LogP contribution is 2.38. The van der Waals surface area contributed by atoms with Crippen LogP contribution in [-0.2, 0) is 15.8 Å². The van der Waals surface area contributed by atoms with Crippen LogP contribution in [0, 0.1) is 0 Å². The second-order valence-electron chi connectivity index (χ2n) is 9.69. The molecule has 0 atom stereocenters. The van der Waals surface area contributed by atoms with Crippen LogP contribution < -0.4 is 15.1 Å². The first-order valence-corrected chi connectivity index (χ1v) is 13.1. The predicted molar refractivity (Wildman–Crippen MR) is 154 cm³/mol. The summed E-state index contributed by atoms with van der Waals surface area (Å²) in [7, 11) is 0. The van der Waals surface area contributed by atoms with Crippen LogP contribution in [0.4, 0.5) is 30.2 Å². The van der Waals surface area contributed by atoms with Crippen LogP contribution in [0.5, 0.6) is 0 Å². The maximum atomic E-state index is 13.7. The Morgan fingerprint density at radius 3 is 2.07 bits per heavy atom. The van der Waals surface area contributed by atoms with Crippen molar-refractivity contribution in [3.05, 3.63) is 114 Å². The van der Waals surface area contributed by atoms with Crippen LogP contribution in [0.15, 0.2) is 97.1 Å². The number of rotatable bonds is 6. The van der Waals surface area contributed by atoms with Gasteiger partial charge in [0.1, 0.15) is 6.54 Å². The minimum atomic E-state index is -4.61. The molecule has 0 aliphatic carbocycles. The standard InChI is InChI=1S/C32H24F3N3O5/c33-32(34,35)25-10-4-3-8-23(25)22-7-1-2-9-24(22)30(42)36-21-15-13-20(14-16-21)31(43)37-18-17-28(39)38(19-29(40)41)27-12-6-5-11-26(27)37/h1-16H,17-19H2,(H,36,42)(H,40,41). The number of carbonyl (C=O) groups excluding carboxylic acids is 3. The normalized spacial score (nSPS) is 13.2. The fourth-order valence-corrected chi connectivity index (χ4v) is 4.97. The highest BCUT2D eigenvalue weighted by Gasteiger charge is 2.34. The van der Waals surface area contributed by atoms with E-state index in [0.717, 1.165) is 11.0 Å². The zero-order chi connectivity index (χ0) is 30.7. The third-order valence-corrected chi connectivity index (χ3v) is 6.94. The molecule has 4 aromatic carbocycles. The summed E-state index contributed by atoms with van der Waals surface area (Å²) in [6.07, 6.45) is -4.70. The summed E-state index contributed by atoms with van der Waals surface area (Å²) < 4.78 is 41.0. The van der Waals surface area contributed by atoms with E-state index >= 15 is 0 Å². The number of alkyl halides is 3. The van der Waals surface area contributed by atoms with E-state index in [1.54, 1.807) is 36.4 Å². The Morgan fingerprint density at radius 2 is 1.40 bits per heavy atom. The van der Waals surface area contributed by atoms with Crippen molar-refractivity contribution in [1.82, 2.24) is 0 Å². The van der Waals surface area contributed by atoms with Gasteiger partial charge in [0.05, 0.1) is 16.9 Å². The molecule has 3 amide bonds. The third-order valence-electron chi connectivity index (χ3n) is 6.94. The van der Waals surface area contributed by atoms with Gasteiger partial charge in [-0.1, -0.05) is 48.5 Å². The second kappa shape index (κ2) is 11.8. The average Bonchev–Trinajstić information content (AvgIpc) is 3.13. The number of hydrogen-bond acceptors (Lipinski definition) is 4. The lowest BCUT2D eigenvalue weighted by Crippen LogP contribution is -2.35. The molecule has 1 heterocycles. The molecule has 218 valence electrons. The van der Waals surface area contributed by atoms with Crippen molar-refractivity contribution in [1.29, 1.82) is 0 Å². The molecule has 0 saturated heterocycles. The molecule has 1 aliphatic rings. The Kier molecular flexibility index (Phi) is 7.98. The minimum absolute atomic E-state index is 0.0273. The number of para-hydroxylation sites is 2. The number of amides is 3. The van der Waals surface area contributed by atoms with E-state index in [-0.39, 0.29) is 35.2 Å². The Bertz CT molecular complexity index is 1720. The molecular weight excluding hydrogens is 563 g/mol. The van der Waals surface area contributed by atoms with Crippen LogP contribution in [0.2, 0.25) is 0 Å². The number of carboxylic acids is 1. The number of anilines is 3. The number of hydrogen-bond donors (Lipinski definition) is 2. The SMILES string of the molecule is O=C(O)CN1C(=O)CCN(C(=O)c2ccc(NC(=O)c3ccccc3-c3ccccc3C(F)(F)F)cc2)c2ccccc21. The summed E-state index contributed by atoms with van der Waals surface area (Å²) in [5, 5.41) is 12.0. The number of fused-ring (bicyclic) bond motifs is 1. The van der Waals surface area contributed by atoms with Gasteiger partial charge in [-0.2, -0.15) is 13.2 Å². The minimum Gasteiger partial charge on any atom is -0.480 e. The highest BCUT2D eigenvalue weighted by molar-refractivity contribution is 6.12. The van der Waals surface area contributed by atoms with Gasteiger partial charge in [-0.3, -0.25) is 24.1 Å². The Labute approximate surface area is 244 Å². The van der Waals surface area contributed by atoms with Crippen LogP contribution in [0.25, 0.3) is 11.1 Å². The van der Waals surface area contributed by atoms with E-state index in [1.807, 2.05) is 0 Å². The molecule has 0 spiro atoms.